The van der Waals surface area contributed by atoms with Crippen LogP contribution in [-0.2, 0) is 0 Å². The first-order chi connectivity index (χ1) is 12.1. The van der Waals surface area contributed by atoms with Crippen molar-refractivity contribution >= 4 is 11.5 Å². The Kier molecular flexibility index (Phi) is 4.56. The molecule has 25 heavy (non-hydrogen) atoms. The molecule has 0 bridgehead atoms. The topological polar surface area (TPSA) is 103 Å². The Labute approximate surface area is 143 Å². The van der Waals surface area contributed by atoms with Gasteiger partial charge in [-0.25, -0.2) is 0 Å². The Hall–Kier alpha value is -3.48. The number of nitro benzene ring substituents is 1. The molecule has 1 atom stereocenters. The molecule has 1 N–H and O–H groups in total. The number of pyridine rings is 1. The number of carbonyl (C=O) groups excluding carboxylic acids is 1. The number of rotatable bonds is 6. The highest BCUT2D eigenvalue weighted by atomic mass is 16.6. The molecule has 2 aromatic heterocycles. The van der Waals surface area contributed by atoms with Crippen LogP contribution in [0.3, 0.4) is 0 Å². The monoisotopic (exact) mass is 337 g/mol. The van der Waals surface area contributed by atoms with Crippen LogP contribution in [0.25, 0.3) is 0 Å². The van der Waals surface area contributed by atoms with Gasteiger partial charge < -0.3 is 10.2 Å². The number of benzene rings is 1. The fourth-order valence-electron chi connectivity index (χ4n) is 2.76. The number of non-ortho nitro benzene ring substituents is 1. The Bertz CT molecular complexity index is 906. The predicted molar refractivity (Wildman–Crippen MR) is 90.1 cm³/mol. The highest BCUT2D eigenvalue weighted by molar-refractivity contribution is 5.93. The van der Waals surface area contributed by atoms with E-state index in [1.807, 2.05) is 6.07 Å². The highest BCUT2D eigenvalue weighted by Crippen LogP contribution is 2.30. The first-order valence-electron chi connectivity index (χ1n) is 7.65. The summed E-state index contributed by atoms with van der Waals surface area (Å²) in [5.41, 5.74) is 1.39. The van der Waals surface area contributed by atoms with E-state index in [-0.39, 0.29) is 23.6 Å². The number of H-pyrrole nitrogens is 1. The lowest BCUT2D eigenvalue weighted by molar-refractivity contribution is -0.607. The fraction of sp³-hybridized carbons (Fsp3) is 0.111. The minimum Gasteiger partial charge on any atom is -0.618 e. The number of hydrogen-bond donors (Lipinski definition) is 1. The zero-order valence-corrected chi connectivity index (χ0v) is 13.2. The lowest BCUT2D eigenvalue weighted by Gasteiger charge is -2.15. The van der Waals surface area contributed by atoms with Crippen molar-refractivity contribution in [3.8, 4) is 0 Å². The molecule has 0 fully saturated rings. The maximum atomic E-state index is 12.6. The van der Waals surface area contributed by atoms with Crippen molar-refractivity contribution < 1.29 is 14.4 Å². The predicted octanol–water partition coefficient (Wildman–Crippen LogP) is 2.96. The van der Waals surface area contributed by atoms with Crippen molar-refractivity contribution in [3.63, 3.8) is 0 Å². The number of ketones is 1. The molecule has 0 unspecified atom stereocenters. The number of carbonyl (C=O) groups is 1. The summed E-state index contributed by atoms with van der Waals surface area (Å²) in [7, 11) is 0. The first kappa shape index (κ1) is 16.4. The summed E-state index contributed by atoms with van der Waals surface area (Å²) in [4.78, 5) is 26.2. The molecule has 3 rings (SSSR count). The standard InChI is InChI=1S/C18H15N3O4/c22-18(17-8-1-2-10-20(17)23)12-15(16-7-4-9-19-16)13-5-3-6-14(11-13)21(24)25/h1-11,15,19H,12H2/t15-/m1/s1. The highest BCUT2D eigenvalue weighted by Gasteiger charge is 2.25. The van der Waals surface area contributed by atoms with Crippen LogP contribution >= 0.6 is 0 Å². The molecule has 0 radical (unpaired) electrons. The Morgan fingerprint density at radius 3 is 2.68 bits per heavy atom. The third-order valence-corrected chi connectivity index (χ3v) is 3.98. The molecule has 0 aliphatic rings. The van der Waals surface area contributed by atoms with Crippen LogP contribution in [0.4, 0.5) is 5.69 Å². The van der Waals surface area contributed by atoms with Gasteiger partial charge in [0.2, 0.25) is 5.78 Å². The summed E-state index contributed by atoms with van der Waals surface area (Å²) in [6.45, 7) is 0. The number of Topliss-reactive ketones (excluding diaryl/α,β-unsaturated/α-hetero) is 1. The van der Waals surface area contributed by atoms with Crippen LogP contribution in [0, 0.1) is 15.3 Å². The van der Waals surface area contributed by atoms with E-state index in [1.54, 1.807) is 36.5 Å². The number of aromatic nitrogens is 2. The van der Waals surface area contributed by atoms with Gasteiger partial charge in [-0.1, -0.05) is 12.1 Å². The molecule has 0 spiro atoms. The number of aromatic amines is 1. The normalized spacial score (nSPS) is 11.8. The summed E-state index contributed by atoms with van der Waals surface area (Å²) >= 11 is 0. The summed E-state index contributed by atoms with van der Waals surface area (Å²) < 4.78 is 0.529. The van der Waals surface area contributed by atoms with Gasteiger partial charge in [0, 0.05) is 48.5 Å². The Morgan fingerprint density at radius 2 is 2.00 bits per heavy atom. The smallest absolute Gasteiger partial charge is 0.269 e. The van der Waals surface area contributed by atoms with Crippen molar-refractivity contribution in [2.24, 2.45) is 0 Å². The van der Waals surface area contributed by atoms with E-state index in [2.05, 4.69) is 4.98 Å². The minimum absolute atomic E-state index is 0.0218. The first-order valence-corrected chi connectivity index (χ1v) is 7.65. The van der Waals surface area contributed by atoms with Crippen LogP contribution < -0.4 is 4.73 Å². The van der Waals surface area contributed by atoms with Gasteiger partial charge in [-0.05, 0) is 23.8 Å². The molecule has 0 amide bonds. The van der Waals surface area contributed by atoms with E-state index in [4.69, 9.17) is 0 Å². The molecule has 0 aliphatic heterocycles. The van der Waals surface area contributed by atoms with Crippen molar-refractivity contribution in [1.82, 2.24) is 4.98 Å². The average molecular weight is 337 g/mol. The maximum Gasteiger partial charge on any atom is 0.269 e. The molecular weight excluding hydrogens is 322 g/mol. The van der Waals surface area contributed by atoms with Crippen LogP contribution in [0.15, 0.2) is 67.0 Å². The van der Waals surface area contributed by atoms with Crippen molar-refractivity contribution in [2.75, 3.05) is 0 Å². The molecule has 3 aromatic rings. The molecular formula is C18H15N3O4. The van der Waals surface area contributed by atoms with Gasteiger partial charge in [0.25, 0.3) is 11.4 Å². The van der Waals surface area contributed by atoms with Crippen LogP contribution in [0.2, 0.25) is 0 Å². The van der Waals surface area contributed by atoms with Gasteiger partial charge in [0.15, 0.2) is 6.20 Å². The fourth-order valence-corrected chi connectivity index (χ4v) is 2.76. The van der Waals surface area contributed by atoms with Gasteiger partial charge in [0.05, 0.1) is 4.92 Å². The van der Waals surface area contributed by atoms with Gasteiger partial charge >= 0.3 is 0 Å². The van der Waals surface area contributed by atoms with Crippen LogP contribution in [-0.4, -0.2) is 15.7 Å². The minimum atomic E-state index is -0.472. The molecule has 1 aromatic carbocycles. The van der Waals surface area contributed by atoms with Gasteiger partial charge in [-0.15, -0.1) is 0 Å². The third-order valence-electron chi connectivity index (χ3n) is 3.98. The molecule has 0 saturated heterocycles. The van der Waals surface area contributed by atoms with Gasteiger partial charge in [-0.3, -0.25) is 14.9 Å². The lowest BCUT2D eigenvalue weighted by atomic mass is 9.89. The van der Waals surface area contributed by atoms with E-state index in [1.165, 1.54) is 24.4 Å². The molecule has 7 nitrogen and oxygen atoms in total. The van der Waals surface area contributed by atoms with E-state index < -0.39 is 10.8 Å². The molecule has 7 heteroatoms. The summed E-state index contributed by atoms with van der Waals surface area (Å²) in [6, 6.07) is 14.4. The molecule has 126 valence electrons. The summed E-state index contributed by atoms with van der Waals surface area (Å²) in [5, 5.41) is 22.8. The number of nitrogens with one attached hydrogen (secondary N) is 1. The Morgan fingerprint density at radius 1 is 1.16 bits per heavy atom. The van der Waals surface area contributed by atoms with Gasteiger partial charge in [-0.2, -0.15) is 4.73 Å². The largest absolute Gasteiger partial charge is 0.618 e. The molecule has 2 heterocycles. The van der Waals surface area contributed by atoms with Crippen molar-refractivity contribution in [3.05, 3.63) is 99.3 Å². The van der Waals surface area contributed by atoms with Crippen LogP contribution in [0.5, 0.6) is 0 Å². The molecule has 0 aliphatic carbocycles. The van der Waals surface area contributed by atoms with E-state index in [9.17, 15) is 20.1 Å². The number of nitro groups is 1. The third kappa shape index (κ3) is 3.55. The average Bonchev–Trinajstić information content (AvgIpc) is 3.14. The second-order valence-electron chi connectivity index (χ2n) is 5.57. The zero-order valence-electron chi connectivity index (χ0n) is 13.2. The quantitative estimate of drug-likeness (QED) is 0.245. The number of hydrogen-bond acceptors (Lipinski definition) is 4. The maximum absolute atomic E-state index is 12.6. The zero-order chi connectivity index (χ0) is 17.8. The number of nitrogens with zero attached hydrogens (tertiary/aromatic N) is 2. The molecule has 0 saturated carbocycles. The summed E-state index contributed by atoms with van der Waals surface area (Å²) in [5.74, 6) is -0.746. The van der Waals surface area contributed by atoms with Crippen LogP contribution in [0.1, 0.15) is 34.1 Å². The van der Waals surface area contributed by atoms with E-state index in [0.717, 1.165) is 5.69 Å². The second-order valence-corrected chi connectivity index (χ2v) is 5.57. The second kappa shape index (κ2) is 6.96. The van der Waals surface area contributed by atoms with E-state index >= 15 is 0 Å². The van der Waals surface area contributed by atoms with E-state index in [0.29, 0.717) is 10.3 Å². The SMILES string of the molecule is O=C(C[C@H](c1cccc([N+](=O)[O-])c1)c1ccc[nH]1)c1cccc[n+]1[O-]. The van der Waals surface area contributed by atoms with Crippen molar-refractivity contribution in [2.45, 2.75) is 12.3 Å². The lowest BCUT2D eigenvalue weighted by Crippen LogP contribution is -2.34. The van der Waals surface area contributed by atoms with Crippen molar-refractivity contribution in [1.29, 1.82) is 0 Å². The summed E-state index contributed by atoms with van der Waals surface area (Å²) in [6.07, 6.45) is 3.01. The van der Waals surface area contributed by atoms with Gasteiger partial charge in [0.1, 0.15) is 0 Å². The Balaban J connectivity index is 1.97.